The molecule has 35 heavy (non-hydrogen) atoms. The van der Waals surface area contributed by atoms with E-state index < -0.39 is 17.9 Å². The Labute approximate surface area is 198 Å². The molecule has 2 N–H and O–H groups in total. The molecule has 13 heteroatoms. The van der Waals surface area contributed by atoms with Crippen molar-refractivity contribution in [1.82, 2.24) is 25.6 Å². The minimum absolute atomic E-state index is 0.0256. The van der Waals surface area contributed by atoms with Crippen LogP contribution in [0.4, 0.5) is 27.2 Å². The fourth-order valence-electron chi connectivity index (χ4n) is 4.20. The molecule has 0 radical (unpaired) electrons. The normalized spacial score (nSPS) is 18.2. The third-order valence-electron chi connectivity index (χ3n) is 5.84. The Morgan fingerprint density at radius 2 is 1.97 bits per heavy atom. The molecule has 1 aliphatic carbocycles. The van der Waals surface area contributed by atoms with Crippen molar-refractivity contribution < 1.29 is 36.4 Å². The average Bonchev–Trinajstić information content (AvgIpc) is 3.51. The highest BCUT2D eigenvalue weighted by Gasteiger charge is 2.39. The predicted octanol–water partition coefficient (Wildman–Crippen LogP) is 3.86. The van der Waals surface area contributed by atoms with E-state index in [0.717, 1.165) is 37.8 Å². The van der Waals surface area contributed by atoms with Crippen LogP contribution in [0.3, 0.4) is 0 Å². The number of hydrogen-bond donors (Lipinski definition) is 2. The number of ether oxygens (including phenoxy) is 1. The van der Waals surface area contributed by atoms with Crippen LogP contribution < -0.4 is 15.4 Å². The smallest absolute Gasteiger partial charge is 0.406 e. The number of halogens is 4. The van der Waals surface area contributed by atoms with Crippen molar-refractivity contribution in [2.45, 2.75) is 50.7 Å². The molecule has 2 heterocycles. The van der Waals surface area contributed by atoms with E-state index in [4.69, 9.17) is 4.52 Å². The summed E-state index contributed by atoms with van der Waals surface area (Å²) in [6.07, 6.45) is -1.62. The van der Waals surface area contributed by atoms with E-state index >= 15 is 0 Å². The fourth-order valence-corrected chi connectivity index (χ4v) is 4.20. The first-order valence-corrected chi connectivity index (χ1v) is 11.2. The number of likely N-dealkylation sites (tertiary alicyclic amines) is 1. The zero-order valence-corrected chi connectivity index (χ0v) is 18.9. The molecule has 0 bridgehead atoms. The van der Waals surface area contributed by atoms with Gasteiger partial charge in [0.05, 0.1) is 12.6 Å². The van der Waals surface area contributed by atoms with Crippen LogP contribution in [0.5, 0.6) is 5.75 Å². The summed E-state index contributed by atoms with van der Waals surface area (Å²) in [7, 11) is 1.57. The van der Waals surface area contributed by atoms with Crippen molar-refractivity contribution in [2.24, 2.45) is 0 Å². The molecule has 0 unspecified atom stereocenters. The summed E-state index contributed by atoms with van der Waals surface area (Å²) < 4.78 is 60.2. The van der Waals surface area contributed by atoms with Crippen LogP contribution in [-0.2, 0) is 6.54 Å². The number of benzene rings is 1. The lowest BCUT2D eigenvalue weighted by Gasteiger charge is -2.39. The Bertz CT molecular complexity index is 1070. The Morgan fingerprint density at radius 1 is 1.20 bits per heavy atom. The van der Waals surface area contributed by atoms with Gasteiger partial charge in [0.25, 0.3) is 0 Å². The topological polar surface area (TPSA) is 99.9 Å². The molecule has 2 aliphatic rings. The van der Waals surface area contributed by atoms with E-state index in [1.165, 1.54) is 6.07 Å². The molecular weight excluding hydrogens is 474 g/mol. The largest absolute Gasteiger partial charge is 0.573 e. The molecule has 190 valence electrons. The highest BCUT2D eigenvalue weighted by Crippen LogP contribution is 2.32. The minimum atomic E-state index is -4.96. The Hall–Kier alpha value is -3.51. The van der Waals surface area contributed by atoms with Crippen LogP contribution in [-0.4, -0.2) is 65.6 Å². The fraction of sp³-hybridized carbons (Fsp3) is 0.500. The highest BCUT2D eigenvalue weighted by molar-refractivity contribution is 5.76. The first-order valence-electron chi connectivity index (χ1n) is 11.2. The number of rotatable bonds is 6. The molecule has 0 spiro atoms. The van der Waals surface area contributed by atoms with E-state index in [9.17, 15) is 27.2 Å². The van der Waals surface area contributed by atoms with Gasteiger partial charge in [-0.15, -0.1) is 13.2 Å². The van der Waals surface area contributed by atoms with Crippen LogP contribution in [0.2, 0.25) is 0 Å². The van der Waals surface area contributed by atoms with Gasteiger partial charge in [0.2, 0.25) is 0 Å². The molecule has 2 fully saturated rings. The Kier molecular flexibility index (Phi) is 7.03. The number of carbonyl (C=O) groups is 2. The van der Waals surface area contributed by atoms with E-state index in [-0.39, 0.29) is 47.7 Å². The zero-order chi connectivity index (χ0) is 25.2. The molecule has 9 nitrogen and oxygen atoms in total. The molecule has 1 saturated carbocycles. The summed E-state index contributed by atoms with van der Waals surface area (Å²) in [6, 6.07) is 3.52. The number of nitrogens with one attached hydrogen (secondary N) is 2. The van der Waals surface area contributed by atoms with E-state index in [1.54, 1.807) is 16.8 Å². The van der Waals surface area contributed by atoms with Gasteiger partial charge >= 0.3 is 18.4 Å². The van der Waals surface area contributed by atoms with Gasteiger partial charge in [0.15, 0.2) is 5.76 Å². The molecule has 1 atom stereocenters. The second-order valence-corrected chi connectivity index (χ2v) is 8.50. The van der Waals surface area contributed by atoms with Gasteiger partial charge in [-0.25, -0.2) is 14.0 Å². The summed E-state index contributed by atoms with van der Waals surface area (Å²) in [6.45, 7) is 1.05. The summed E-state index contributed by atoms with van der Waals surface area (Å²) >= 11 is 0. The number of carbonyl (C=O) groups excluding carboxylic acids is 2. The van der Waals surface area contributed by atoms with Gasteiger partial charge < -0.3 is 29.7 Å². The number of piperidine rings is 1. The SMILES string of the molecule is CNC(=O)N1CCC[C@@H](N(C(=O)NCc2cc(-c3cc(F)cc(OC(F)(F)F)c3)no2)C2CC2)C1. The summed E-state index contributed by atoms with van der Waals surface area (Å²) in [5, 5.41) is 9.16. The Balaban J connectivity index is 1.40. The van der Waals surface area contributed by atoms with Crippen molar-refractivity contribution in [3.05, 3.63) is 35.8 Å². The lowest BCUT2D eigenvalue weighted by molar-refractivity contribution is -0.274. The van der Waals surface area contributed by atoms with E-state index in [2.05, 4.69) is 20.5 Å². The Morgan fingerprint density at radius 3 is 2.66 bits per heavy atom. The van der Waals surface area contributed by atoms with Gasteiger partial charge in [-0.3, -0.25) is 0 Å². The van der Waals surface area contributed by atoms with Crippen molar-refractivity contribution >= 4 is 12.1 Å². The second kappa shape index (κ2) is 10.0. The average molecular weight is 499 g/mol. The number of aromatic nitrogens is 1. The van der Waals surface area contributed by atoms with Crippen molar-refractivity contribution in [3.8, 4) is 17.0 Å². The van der Waals surface area contributed by atoms with Crippen LogP contribution in [0.1, 0.15) is 31.4 Å². The lowest BCUT2D eigenvalue weighted by Crippen LogP contribution is -2.56. The van der Waals surface area contributed by atoms with E-state index in [1.807, 2.05) is 0 Å². The van der Waals surface area contributed by atoms with Gasteiger partial charge in [0, 0.05) is 43.9 Å². The highest BCUT2D eigenvalue weighted by atomic mass is 19.4. The monoisotopic (exact) mass is 499 g/mol. The standard InChI is InChI=1S/C22H25F4N5O4/c1-27-20(32)30-6-2-3-16(12-30)31(15-4-5-15)21(33)28-11-18-10-19(29-35-18)13-7-14(23)9-17(8-13)34-22(24,25)26/h7-10,15-16H,2-6,11-12H2,1H3,(H,27,32)(H,28,33)/t16-/m1/s1. The third-order valence-corrected chi connectivity index (χ3v) is 5.84. The predicted molar refractivity (Wildman–Crippen MR) is 115 cm³/mol. The minimum Gasteiger partial charge on any atom is -0.406 e. The van der Waals surface area contributed by atoms with Gasteiger partial charge in [-0.05, 0) is 37.8 Å². The second-order valence-electron chi connectivity index (χ2n) is 8.50. The number of amides is 4. The number of nitrogens with zero attached hydrogens (tertiary/aromatic N) is 3. The lowest BCUT2D eigenvalue weighted by atomic mass is 10.0. The first-order chi connectivity index (χ1) is 16.6. The molecule has 1 aromatic heterocycles. The number of hydrogen-bond acceptors (Lipinski definition) is 5. The van der Waals surface area contributed by atoms with E-state index in [0.29, 0.717) is 19.2 Å². The van der Waals surface area contributed by atoms with Gasteiger partial charge in [-0.1, -0.05) is 5.16 Å². The van der Waals surface area contributed by atoms with Crippen LogP contribution >= 0.6 is 0 Å². The first kappa shape index (κ1) is 24.6. The zero-order valence-electron chi connectivity index (χ0n) is 18.9. The van der Waals surface area contributed by atoms with Crippen LogP contribution in [0.25, 0.3) is 11.3 Å². The number of alkyl halides is 3. The maximum absolute atomic E-state index is 13.8. The maximum Gasteiger partial charge on any atom is 0.573 e. The molecule has 4 amide bonds. The summed E-state index contributed by atoms with van der Waals surface area (Å²) in [5.74, 6) is -1.41. The van der Waals surface area contributed by atoms with Crippen LogP contribution in [0, 0.1) is 5.82 Å². The molecule has 1 aromatic carbocycles. The van der Waals surface area contributed by atoms with Crippen molar-refractivity contribution in [1.29, 1.82) is 0 Å². The molecule has 4 rings (SSSR count). The molecule has 1 aliphatic heterocycles. The van der Waals surface area contributed by atoms with Crippen molar-refractivity contribution in [3.63, 3.8) is 0 Å². The maximum atomic E-state index is 13.8. The molecule has 1 saturated heterocycles. The van der Waals surface area contributed by atoms with Crippen molar-refractivity contribution in [2.75, 3.05) is 20.1 Å². The molecular formula is C22H25F4N5O4. The van der Waals surface area contributed by atoms with Gasteiger partial charge in [0.1, 0.15) is 17.3 Å². The summed E-state index contributed by atoms with van der Waals surface area (Å²) in [5.41, 5.74) is 0.120. The number of urea groups is 2. The quantitative estimate of drug-likeness (QED) is 0.588. The summed E-state index contributed by atoms with van der Waals surface area (Å²) in [4.78, 5) is 28.5. The van der Waals surface area contributed by atoms with Gasteiger partial charge in [-0.2, -0.15) is 0 Å². The third kappa shape index (κ3) is 6.34. The van der Waals surface area contributed by atoms with Crippen LogP contribution in [0.15, 0.2) is 28.8 Å². The molecule has 2 aromatic rings.